The molecule has 1 N–H and O–H groups in total. The van der Waals surface area contributed by atoms with Crippen molar-refractivity contribution >= 4 is 23.3 Å². The van der Waals surface area contributed by atoms with Crippen molar-refractivity contribution in [3.05, 3.63) is 46.6 Å². The van der Waals surface area contributed by atoms with Gasteiger partial charge in [-0.05, 0) is 24.6 Å². The normalized spacial score (nSPS) is 11.5. The zero-order valence-electron chi connectivity index (χ0n) is 10.9. The molecular formula is C13H11ClF3N3O. The molecule has 1 aromatic heterocycles. The molecule has 0 aliphatic heterocycles. The molecule has 21 heavy (non-hydrogen) atoms. The van der Waals surface area contributed by atoms with Crippen LogP contribution >= 0.6 is 11.6 Å². The van der Waals surface area contributed by atoms with Gasteiger partial charge < -0.3 is 5.32 Å². The average molecular weight is 318 g/mol. The van der Waals surface area contributed by atoms with Gasteiger partial charge in [0.15, 0.2) is 5.82 Å². The van der Waals surface area contributed by atoms with Gasteiger partial charge >= 0.3 is 12.1 Å². The van der Waals surface area contributed by atoms with E-state index in [2.05, 4.69) is 5.10 Å². The Hall–Kier alpha value is -2.02. The Morgan fingerprint density at radius 1 is 1.38 bits per heavy atom. The number of aromatic nitrogens is 2. The Morgan fingerprint density at radius 2 is 2.10 bits per heavy atom. The highest BCUT2D eigenvalue weighted by atomic mass is 35.5. The van der Waals surface area contributed by atoms with Crippen molar-refractivity contribution in [3.63, 3.8) is 0 Å². The molecule has 0 saturated carbocycles. The van der Waals surface area contributed by atoms with Crippen molar-refractivity contribution in [2.45, 2.75) is 19.6 Å². The highest BCUT2D eigenvalue weighted by molar-refractivity contribution is 6.30. The minimum atomic E-state index is -4.94. The molecule has 4 nitrogen and oxygen atoms in total. The number of carbonyl (C=O) groups is 1. The zero-order valence-corrected chi connectivity index (χ0v) is 11.7. The number of hydrogen-bond acceptors (Lipinski definition) is 2. The van der Waals surface area contributed by atoms with Crippen molar-refractivity contribution in [1.82, 2.24) is 9.78 Å². The highest BCUT2D eigenvalue weighted by Gasteiger charge is 2.39. The quantitative estimate of drug-likeness (QED) is 0.943. The van der Waals surface area contributed by atoms with Crippen LogP contribution in [0.4, 0.5) is 19.0 Å². The number of halogens is 4. The first kappa shape index (κ1) is 15.4. The van der Waals surface area contributed by atoms with Crippen LogP contribution < -0.4 is 5.32 Å². The van der Waals surface area contributed by atoms with Crippen LogP contribution in [-0.4, -0.2) is 21.9 Å². The second kappa shape index (κ2) is 5.77. The fraction of sp³-hybridized carbons (Fsp3) is 0.231. The predicted molar refractivity (Wildman–Crippen MR) is 72.2 cm³/mol. The highest BCUT2D eigenvalue weighted by Crippen LogP contribution is 2.19. The topological polar surface area (TPSA) is 46.9 Å². The number of hydrogen-bond donors (Lipinski definition) is 1. The number of aryl methyl sites for hydroxylation is 1. The van der Waals surface area contributed by atoms with E-state index < -0.39 is 12.1 Å². The lowest BCUT2D eigenvalue weighted by molar-refractivity contribution is -0.167. The summed E-state index contributed by atoms with van der Waals surface area (Å²) in [4.78, 5) is 10.9. The van der Waals surface area contributed by atoms with Crippen molar-refractivity contribution in [3.8, 4) is 0 Å². The van der Waals surface area contributed by atoms with Gasteiger partial charge in [0.05, 0.1) is 6.54 Å². The third-order valence-electron chi connectivity index (χ3n) is 2.70. The Balaban J connectivity index is 2.14. The molecular weight excluding hydrogens is 307 g/mol. The number of nitrogens with one attached hydrogen (secondary N) is 1. The van der Waals surface area contributed by atoms with E-state index >= 15 is 0 Å². The summed E-state index contributed by atoms with van der Waals surface area (Å²) >= 11 is 5.86. The van der Waals surface area contributed by atoms with Gasteiger partial charge in [0.25, 0.3) is 0 Å². The molecule has 0 aliphatic carbocycles. The Morgan fingerprint density at radius 3 is 2.71 bits per heavy atom. The number of rotatable bonds is 3. The molecule has 112 valence electrons. The molecule has 0 aliphatic rings. The molecule has 0 bridgehead atoms. The van der Waals surface area contributed by atoms with Gasteiger partial charge in [-0.3, -0.25) is 9.48 Å². The van der Waals surface area contributed by atoms with Crippen LogP contribution in [0.3, 0.4) is 0 Å². The molecule has 0 spiro atoms. The van der Waals surface area contributed by atoms with Gasteiger partial charge in [0.2, 0.25) is 0 Å². The van der Waals surface area contributed by atoms with Crippen LogP contribution in [0.2, 0.25) is 5.02 Å². The zero-order chi connectivity index (χ0) is 15.6. The van der Waals surface area contributed by atoms with Crippen molar-refractivity contribution in [2.24, 2.45) is 0 Å². The number of nitrogens with zero attached hydrogens (tertiary/aromatic N) is 2. The number of benzene rings is 1. The number of alkyl halides is 3. The lowest BCUT2D eigenvalue weighted by atomic mass is 10.2. The van der Waals surface area contributed by atoms with Crippen molar-refractivity contribution < 1.29 is 18.0 Å². The van der Waals surface area contributed by atoms with E-state index in [1.165, 1.54) is 10.7 Å². The molecule has 1 amide bonds. The summed E-state index contributed by atoms with van der Waals surface area (Å²) < 4.78 is 38.0. The van der Waals surface area contributed by atoms with E-state index in [1.54, 1.807) is 30.4 Å². The fourth-order valence-electron chi connectivity index (χ4n) is 1.73. The second-order valence-electron chi connectivity index (χ2n) is 4.41. The van der Waals surface area contributed by atoms with E-state index in [9.17, 15) is 18.0 Å². The van der Waals surface area contributed by atoms with Gasteiger partial charge in [-0.25, -0.2) is 0 Å². The molecule has 0 unspecified atom stereocenters. The van der Waals surface area contributed by atoms with Crippen LogP contribution in [0, 0.1) is 6.92 Å². The largest absolute Gasteiger partial charge is 0.471 e. The van der Waals surface area contributed by atoms with E-state index in [-0.39, 0.29) is 5.82 Å². The summed E-state index contributed by atoms with van der Waals surface area (Å²) in [6.07, 6.45) is -4.94. The van der Waals surface area contributed by atoms with Crippen molar-refractivity contribution in [2.75, 3.05) is 5.32 Å². The first-order valence-electron chi connectivity index (χ1n) is 5.93. The van der Waals surface area contributed by atoms with E-state index in [0.717, 1.165) is 5.56 Å². The standard InChI is InChI=1S/C13H11ClF3N3O/c1-8-5-11(18-12(21)13(15,16)17)19-20(8)7-9-3-2-4-10(14)6-9/h2-6H,7H2,1H3,(H,18,19,21). The molecule has 1 heterocycles. The average Bonchev–Trinajstić information content (AvgIpc) is 2.68. The molecule has 0 saturated heterocycles. The number of carbonyl (C=O) groups excluding carboxylic acids is 1. The summed E-state index contributed by atoms with van der Waals surface area (Å²) in [7, 11) is 0. The van der Waals surface area contributed by atoms with E-state index in [0.29, 0.717) is 17.3 Å². The molecule has 0 fully saturated rings. The summed E-state index contributed by atoms with van der Waals surface area (Å²) in [5.41, 5.74) is 1.47. The van der Waals surface area contributed by atoms with Gasteiger partial charge in [0.1, 0.15) is 0 Å². The van der Waals surface area contributed by atoms with Gasteiger partial charge in [0, 0.05) is 16.8 Å². The molecule has 2 aromatic rings. The monoisotopic (exact) mass is 317 g/mol. The van der Waals surface area contributed by atoms with Crippen LogP contribution in [-0.2, 0) is 11.3 Å². The minimum absolute atomic E-state index is 0.142. The summed E-state index contributed by atoms with van der Waals surface area (Å²) in [5, 5.41) is 6.21. The van der Waals surface area contributed by atoms with Crippen LogP contribution in [0.25, 0.3) is 0 Å². The van der Waals surface area contributed by atoms with Gasteiger partial charge in [-0.2, -0.15) is 18.3 Å². The Labute approximate surface area is 123 Å². The predicted octanol–water partition coefficient (Wildman–Crippen LogP) is 3.39. The summed E-state index contributed by atoms with van der Waals surface area (Å²) in [6.45, 7) is 2.02. The Kier molecular flexibility index (Phi) is 4.22. The molecule has 1 aromatic carbocycles. The first-order chi connectivity index (χ1) is 9.75. The molecule has 0 atom stereocenters. The lowest BCUT2D eigenvalue weighted by Gasteiger charge is -2.06. The minimum Gasteiger partial charge on any atom is -0.301 e. The van der Waals surface area contributed by atoms with Crippen LogP contribution in [0.1, 0.15) is 11.3 Å². The third-order valence-corrected chi connectivity index (χ3v) is 2.94. The van der Waals surface area contributed by atoms with Gasteiger partial charge in [-0.15, -0.1) is 0 Å². The van der Waals surface area contributed by atoms with Crippen LogP contribution in [0.15, 0.2) is 30.3 Å². The number of anilines is 1. The lowest BCUT2D eigenvalue weighted by Crippen LogP contribution is -2.30. The van der Waals surface area contributed by atoms with Gasteiger partial charge in [-0.1, -0.05) is 23.7 Å². The fourth-order valence-corrected chi connectivity index (χ4v) is 1.94. The first-order valence-corrected chi connectivity index (χ1v) is 6.30. The molecule has 2 rings (SSSR count). The number of amides is 1. The molecule has 0 radical (unpaired) electrons. The second-order valence-corrected chi connectivity index (χ2v) is 4.85. The van der Waals surface area contributed by atoms with Crippen molar-refractivity contribution in [1.29, 1.82) is 0 Å². The third kappa shape index (κ3) is 3.98. The summed E-state index contributed by atoms with van der Waals surface area (Å²) in [6, 6.07) is 8.41. The van der Waals surface area contributed by atoms with E-state index in [4.69, 9.17) is 11.6 Å². The molecule has 8 heteroatoms. The maximum Gasteiger partial charge on any atom is 0.471 e. The maximum atomic E-state index is 12.2. The maximum absolute atomic E-state index is 12.2. The summed E-state index contributed by atoms with van der Waals surface area (Å²) in [5.74, 6) is -2.19. The SMILES string of the molecule is Cc1cc(NC(=O)C(F)(F)F)nn1Cc1cccc(Cl)c1. The van der Waals surface area contributed by atoms with E-state index in [1.807, 2.05) is 6.07 Å². The van der Waals surface area contributed by atoms with Crippen LogP contribution in [0.5, 0.6) is 0 Å². The smallest absolute Gasteiger partial charge is 0.301 e. The Bertz CT molecular complexity index is 667.